The molecule has 1 amide bonds. The zero-order chi connectivity index (χ0) is 12.0. The maximum Gasteiger partial charge on any atom is 0.253 e. The van der Waals surface area contributed by atoms with Crippen LogP contribution in [0.1, 0.15) is 15.9 Å². The molecule has 0 aliphatic carbocycles. The summed E-state index contributed by atoms with van der Waals surface area (Å²) in [6.45, 7) is 0.939. The smallest absolute Gasteiger partial charge is 0.253 e. The van der Waals surface area contributed by atoms with E-state index in [2.05, 4.69) is 0 Å². The van der Waals surface area contributed by atoms with Gasteiger partial charge in [-0.3, -0.25) is 4.79 Å². The summed E-state index contributed by atoms with van der Waals surface area (Å²) in [7, 11) is 1.67. The molecule has 1 aromatic rings. The van der Waals surface area contributed by atoms with Gasteiger partial charge in [-0.2, -0.15) is 0 Å². The maximum absolute atomic E-state index is 11.8. The molecule has 88 valence electrons. The summed E-state index contributed by atoms with van der Waals surface area (Å²) in [5, 5.41) is 8.74. The Balaban J connectivity index is 2.69. The first kappa shape index (κ1) is 12.7. The molecule has 1 rings (SSSR count). The molecule has 0 saturated carbocycles. The predicted molar refractivity (Wildman–Crippen MR) is 63.2 cm³/mol. The largest absolute Gasteiger partial charge is 0.395 e. The van der Waals surface area contributed by atoms with Crippen LogP contribution in [0.3, 0.4) is 0 Å². The second-order valence-electron chi connectivity index (χ2n) is 3.69. The Hall–Kier alpha value is -1.39. The molecule has 0 atom stereocenters. The first-order chi connectivity index (χ1) is 7.69. The second-order valence-corrected chi connectivity index (χ2v) is 3.69. The Morgan fingerprint density at radius 3 is 2.50 bits per heavy atom. The Kier molecular flexibility index (Phi) is 4.95. The van der Waals surface area contributed by atoms with Gasteiger partial charge in [-0.15, -0.1) is 0 Å². The van der Waals surface area contributed by atoms with Gasteiger partial charge >= 0.3 is 0 Å². The highest BCUT2D eigenvalue weighted by Crippen LogP contribution is 2.07. The van der Waals surface area contributed by atoms with Gasteiger partial charge in [-0.25, -0.2) is 0 Å². The molecule has 0 aromatic heterocycles. The van der Waals surface area contributed by atoms with Crippen LogP contribution in [0.15, 0.2) is 24.3 Å². The van der Waals surface area contributed by atoms with Gasteiger partial charge in [0.25, 0.3) is 5.91 Å². The molecule has 0 aliphatic heterocycles. The SMILES string of the molecule is CN(CCO)C(=O)c1ccc(CCN)cc1. The number of benzene rings is 1. The van der Waals surface area contributed by atoms with E-state index < -0.39 is 0 Å². The number of hydrogen-bond donors (Lipinski definition) is 2. The normalized spacial score (nSPS) is 10.2. The minimum atomic E-state index is -0.0756. The van der Waals surface area contributed by atoms with Crippen LogP contribution in [0.4, 0.5) is 0 Å². The molecule has 0 unspecified atom stereocenters. The van der Waals surface area contributed by atoms with Crippen LogP contribution < -0.4 is 5.73 Å². The van der Waals surface area contributed by atoms with Crippen molar-refractivity contribution in [1.82, 2.24) is 4.90 Å². The summed E-state index contributed by atoms with van der Waals surface area (Å²) in [4.78, 5) is 13.3. The van der Waals surface area contributed by atoms with Crippen molar-refractivity contribution in [3.05, 3.63) is 35.4 Å². The highest BCUT2D eigenvalue weighted by atomic mass is 16.3. The number of nitrogens with two attached hydrogens (primary N) is 1. The van der Waals surface area contributed by atoms with E-state index in [9.17, 15) is 4.79 Å². The van der Waals surface area contributed by atoms with E-state index in [0.717, 1.165) is 12.0 Å². The van der Waals surface area contributed by atoms with Crippen LogP contribution in [0.25, 0.3) is 0 Å². The summed E-state index contributed by atoms with van der Waals surface area (Å²) in [6, 6.07) is 7.40. The number of aliphatic hydroxyl groups excluding tert-OH is 1. The van der Waals surface area contributed by atoms with Gasteiger partial charge in [0.1, 0.15) is 0 Å². The average Bonchev–Trinajstić information content (AvgIpc) is 2.30. The lowest BCUT2D eigenvalue weighted by Gasteiger charge is -2.15. The number of hydrogen-bond acceptors (Lipinski definition) is 3. The second kappa shape index (κ2) is 6.25. The minimum absolute atomic E-state index is 0.0203. The number of likely N-dealkylation sites (N-methyl/N-ethyl adjacent to an activating group) is 1. The van der Waals surface area contributed by atoms with Crippen LogP contribution in [0.2, 0.25) is 0 Å². The lowest BCUT2D eigenvalue weighted by Crippen LogP contribution is -2.29. The fraction of sp³-hybridized carbons (Fsp3) is 0.417. The molecule has 4 heteroatoms. The summed E-state index contributed by atoms with van der Waals surface area (Å²) in [5.41, 5.74) is 7.21. The van der Waals surface area contributed by atoms with Crippen LogP contribution in [-0.2, 0) is 6.42 Å². The predicted octanol–water partition coefficient (Wildman–Crippen LogP) is 0.252. The molecule has 0 heterocycles. The first-order valence-electron chi connectivity index (χ1n) is 5.34. The maximum atomic E-state index is 11.8. The van der Waals surface area contributed by atoms with Crippen molar-refractivity contribution >= 4 is 5.91 Å². The van der Waals surface area contributed by atoms with E-state index in [1.165, 1.54) is 4.90 Å². The van der Waals surface area contributed by atoms with Crippen molar-refractivity contribution in [2.24, 2.45) is 5.73 Å². The lowest BCUT2D eigenvalue weighted by atomic mass is 10.1. The summed E-state index contributed by atoms with van der Waals surface area (Å²) in [5.74, 6) is -0.0756. The Labute approximate surface area is 95.7 Å². The monoisotopic (exact) mass is 222 g/mol. The fourth-order valence-electron chi connectivity index (χ4n) is 1.45. The quantitative estimate of drug-likeness (QED) is 0.750. The van der Waals surface area contributed by atoms with Gasteiger partial charge in [0, 0.05) is 19.2 Å². The van der Waals surface area contributed by atoms with E-state index in [4.69, 9.17) is 10.8 Å². The molecule has 1 aromatic carbocycles. The minimum Gasteiger partial charge on any atom is -0.395 e. The standard InChI is InChI=1S/C12H18N2O2/c1-14(8-9-15)12(16)11-4-2-10(3-5-11)6-7-13/h2-5,15H,6-9,13H2,1H3. The molecular weight excluding hydrogens is 204 g/mol. The van der Waals surface area contributed by atoms with Gasteiger partial charge in [-0.05, 0) is 30.7 Å². The number of aliphatic hydroxyl groups is 1. The topological polar surface area (TPSA) is 66.6 Å². The van der Waals surface area contributed by atoms with Crippen molar-refractivity contribution in [1.29, 1.82) is 0 Å². The number of nitrogens with zero attached hydrogens (tertiary/aromatic N) is 1. The molecule has 0 saturated heterocycles. The summed E-state index contributed by atoms with van der Waals surface area (Å²) >= 11 is 0. The summed E-state index contributed by atoms with van der Waals surface area (Å²) < 4.78 is 0. The van der Waals surface area contributed by atoms with E-state index in [1.54, 1.807) is 19.2 Å². The molecule has 16 heavy (non-hydrogen) atoms. The highest BCUT2D eigenvalue weighted by molar-refractivity contribution is 5.94. The first-order valence-corrected chi connectivity index (χ1v) is 5.34. The average molecular weight is 222 g/mol. The zero-order valence-corrected chi connectivity index (χ0v) is 9.52. The van der Waals surface area contributed by atoms with Crippen molar-refractivity contribution in [3.8, 4) is 0 Å². The third kappa shape index (κ3) is 3.32. The molecule has 0 aliphatic rings. The van der Waals surface area contributed by atoms with Gasteiger partial charge in [0.2, 0.25) is 0 Å². The fourth-order valence-corrected chi connectivity index (χ4v) is 1.45. The number of amides is 1. The highest BCUT2D eigenvalue weighted by Gasteiger charge is 2.10. The zero-order valence-electron chi connectivity index (χ0n) is 9.52. The van der Waals surface area contributed by atoms with Gasteiger partial charge < -0.3 is 15.7 Å². The van der Waals surface area contributed by atoms with Gasteiger partial charge in [0.15, 0.2) is 0 Å². The molecule has 4 nitrogen and oxygen atoms in total. The molecule has 0 spiro atoms. The molecule has 0 bridgehead atoms. The Morgan fingerprint density at radius 1 is 1.38 bits per heavy atom. The third-order valence-corrected chi connectivity index (χ3v) is 2.42. The molecule has 3 N–H and O–H groups in total. The summed E-state index contributed by atoms with van der Waals surface area (Å²) in [6.07, 6.45) is 0.820. The van der Waals surface area contributed by atoms with Crippen LogP contribution in [0, 0.1) is 0 Å². The molecular formula is C12H18N2O2. The van der Waals surface area contributed by atoms with E-state index >= 15 is 0 Å². The Morgan fingerprint density at radius 2 is 2.00 bits per heavy atom. The van der Waals surface area contributed by atoms with Crippen molar-refractivity contribution in [3.63, 3.8) is 0 Å². The number of carbonyl (C=O) groups excluding carboxylic acids is 1. The molecule has 0 fully saturated rings. The van der Waals surface area contributed by atoms with E-state index in [0.29, 0.717) is 18.7 Å². The van der Waals surface area contributed by atoms with Crippen LogP contribution in [0.5, 0.6) is 0 Å². The number of carbonyl (C=O) groups is 1. The van der Waals surface area contributed by atoms with Crippen LogP contribution in [-0.4, -0.2) is 42.7 Å². The van der Waals surface area contributed by atoms with Gasteiger partial charge in [0.05, 0.1) is 6.61 Å². The lowest BCUT2D eigenvalue weighted by molar-refractivity contribution is 0.0767. The van der Waals surface area contributed by atoms with Crippen molar-refractivity contribution in [2.75, 3.05) is 26.7 Å². The van der Waals surface area contributed by atoms with Crippen LogP contribution >= 0.6 is 0 Å². The van der Waals surface area contributed by atoms with Crippen molar-refractivity contribution < 1.29 is 9.90 Å². The third-order valence-electron chi connectivity index (χ3n) is 2.42. The number of rotatable bonds is 5. The van der Waals surface area contributed by atoms with E-state index in [1.807, 2.05) is 12.1 Å². The Bertz CT molecular complexity index is 335. The van der Waals surface area contributed by atoms with Crippen molar-refractivity contribution in [2.45, 2.75) is 6.42 Å². The van der Waals surface area contributed by atoms with Gasteiger partial charge in [-0.1, -0.05) is 12.1 Å². The van der Waals surface area contributed by atoms with E-state index in [-0.39, 0.29) is 12.5 Å². The molecule has 0 radical (unpaired) electrons.